The highest BCUT2D eigenvalue weighted by Gasteiger charge is 2.33. The zero-order valence-corrected chi connectivity index (χ0v) is 14.6. The maximum absolute atomic E-state index is 12.7. The van der Waals surface area contributed by atoms with E-state index < -0.39 is 15.9 Å². The van der Waals surface area contributed by atoms with Crippen molar-refractivity contribution in [1.82, 2.24) is 14.3 Å². The molecule has 10 heteroatoms. The Kier molecular flexibility index (Phi) is 5.33. The van der Waals surface area contributed by atoms with E-state index in [0.29, 0.717) is 24.6 Å². The summed E-state index contributed by atoms with van der Waals surface area (Å²) in [4.78, 5) is 18.6. The molecule has 0 spiro atoms. The van der Waals surface area contributed by atoms with Crippen LogP contribution in [0.4, 0.5) is 0 Å². The predicted octanol–water partition coefficient (Wildman–Crippen LogP) is 0.183. The summed E-state index contributed by atoms with van der Waals surface area (Å²) >= 11 is 0. The van der Waals surface area contributed by atoms with Gasteiger partial charge in [0.15, 0.2) is 6.61 Å². The molecule has 0 radical (unpaired) electrons. The Balaban J connectivity index is 1.64. The Bertz CT molecular complexity index is 858. The van der Waals surface area contributed by atoms with Gasteiger partial charge >= 0.3 is 0 Å². The van der Waals surface area contributed by atoms with Gasteiger partial charge in [0, 0.05) is 18.8 Å². The summed E-state index contributed by atoms with van der Waals surface area (Å²) < 4.78 is 37.7. The molecule has 1 atom stereocenters. The van der Waals surface area contributed by atoms with Crippen molar-refractivity contribution in [1.29, 1.82) is 0 Å². The zero-order valence-electron chi connectivity index (χ0n) is 13.8. The van der Waals surface area contributed by atoms with Gasteiger partial charge in [0.05, 0.1) is 11.4 Å². The van der Waals surface area contributed by atoms with Crippen molar-refractivity contribution in [3.8, 4) is 11.6 Å². The lowest BCUT2D eigenvalue weighted by Gasteiger charge is -2.17. The van der Waals surface area contributed by atoms with Crippen LogP contribution in [0.1, 0.15) is 6.42 Å². The first-order valence-corrected chi connectivity index (χ1v) is 9.33. The molecule has 1 saturated heterocycles. The second kappa shape index (κ2) is 7.67. The Morgan fingerprint density at radius 3 is 2.69 bits per heavy atom. The van der Waals surface area contributed by atoms with Crippen LogP contribution in [0.25, 0.3) is 0 Å². The topological polar surface area (TPSA) is 125 Å². The average Bonchev–Trinajstić information content (AvgIpc) is 3.10. The van der Waals surface area contributed by atoms with Crippen LogP contribution in [-0.2, 0) is 14.8 Å². The minimum Gasteiger partial charge on any atom is -0.484 e. The third kappa shape index (κ3) is 4.27. The maximum Gasteiger partial charge on any atom is 0.255 e. The molecule has 0 bridgehead atoms. The summed E-state index contributed by atoms with van der Waals surface area (Å²) in [6, 6.07) is 7.47. The number of primary amides is 1. The number of aromatic nitrogens is 2. The lowest BCUT2D eigenvalue weighted by molar-refractivity contribution is -0.119. The van der Waals surface area contributed by atoms with E-state index in [1.54, 1.807) is 12.3 Å². The second-order valence-corrected chi connectivity index (χ2v) is 7.60. The fraction of sp³-hybridized carbons (Fsp3) is 0.312. The third-order valence-electron chi connectivity index (χ3n) is 3.79. The summed E-state index contributed by atoms with van der Waals surface area (Å²) in [5.74, 6) is 0.183. The molecule has 1 aromatic carbocycles. The van der Waals surface area contributed by atoms with E-state index in [1.165, 1.54) is 34.9 Å². The van der Waals surface area contributed by atoms with Crippen molar-refractivity contribution in [3.05, 3.63) is 42.9 Å². The number of amides is 1. The van der Waals surface area contributed by atoms with Crippen LogP contribution in [0.3, 0.4) is 0 Å². The largest absolute Gasteiger partial charge is 0.484 e. The third-order valence-corrected chi connectivity index (χ3v) is 5.67. The molecule has 1 amide bonds. The lowest BCUT2D eigenvalue weighted by atomic mass is 10.3. The Morgan fingerprint density at radius 1 is 1.27 bits per heavy atom. The van der Waals surface area contributed by atoms with Gasteiger partial charge in [0.2, 0.25) is 15.9 Å². The highest BCUT2D eigenvalue weighted by atomic mass is 32.2. The van der Waals surface area contributed by atoms with Gasteiger partial charge in [0.1, 0.15) is 18.2 Å². The highest BCUT2D eigenvalue weighted by molar-refractivity contribution is 7.89. The minimum atomic E-state index is -3.64. The Morgan fingerprint density at radius 2 is 2.04 bits per heavy atom. The number of carbonyl (C=O) groups excluding carboxylic acids is 1. The molecule has 0 saturated carbocycles. The van der Waals surface area contributed by atoms with Crippen LogP contribution in [-0.4, -0.2) is 54.4 Å². The molecule has 2 N–H and O–H groups in total. The Labute approximate surface area is 150 Å². The van der Waals surface area contributed by atoms with Gasteiger partial charge in [-0.3, -0.25) is 4.79 Å². The summed E-state index contributed by atoms with van der Waals surface area (Å²) in [5.41, 5.74) is 5.00. The SMILES string of the molecule is NC(=O)COc1ccc(S(=O)(=O)N2CC[C@@H](Oc3ccncn3)C2)cc1. The number of nitrogens with zero attached hydrogens (tertiary/aromatic N) is 3. The number of hydrogen-bond acceptors (Lipinski definition) is 7. The summed E-state index contributed by atoms with van der Waals surface area (Å²) in [5, 5.41) is 0. The van der Waals surface area contributed by atoms with E-state index in [9.17, 15) is 13.2 Å². The van der Waals surface area contributed by atoms with Crippen molar-refractivity contribution in [2.75, 3.05) is 19.7 Å². The van der Waals surface area contributed by atoms with Gasteiger partial charge in [-0.15, -0.1) is 0 Å². The molecular formula is C16H18N4O5S. The molecule has 1 aliphatic heterocycles. The fourth-order valence-electron chi connectivity index (χ4n) is 2.54. The molecule has 3 rings (SSSR count). The van der Waals surface area contributed by atoms with Gasteiger partial charge < -0.3 is 15.2 Å². The predicted molar refractivity (Wildman–Crippen MR) is 91.0 cm³/mol. The average molecular weight is 378 g/mol. The minimum absolute atomic E-state index is 0.145. The first-order valence-electron chi connectivity index (χ1n) is 7.89. The molecule has 1 aliphatic rings. The number of nitrogens with two attached hydrogens (primary N) is 1. The monoisotopic (exact) mass is 378 g/mol. The van der Waals surface area contributed by atoms with Gasteiger partial charge in [-0.05, 0) is 30.7 Å². The van der Waals surface area contributed by atoms with Crippen LogP contribution >= 0.6 is 0 Å². The van der Waals surface area contributed by atoms with Gasteiger partial charge in [0.25, 0.3) is 5.91 Å². The molecule has 1 fully saturated rings. The van der Waals surface area contributed by atoms with Crippen LogP contribution < -0.4 is 15.2 Å². The number of hydrogen-bond donors (Lipinski definition) is 1. The van der Waals surface area contributed by atoms with Crippen molar-refractivity contribution in [2.24, 2.45) is 5.73 Å². The van der Waals surface area contributed by atoms with E-state index in [-0.39, 0.29) is 24.2 Å². The molecule has 0 aliphatic carbocycles. The number of sulfonamides is 1. The summed E-state index contributed by atoms with van der Waals surface area (Å²) in [7, 11) is -3.64. The van der Waals surface area contributed by atoms with Crippen LogP contribution in [0.5, 0.6) is 11.6 Å². The van der Waals surface area contributed by atoms with Crippen molar-refractivity contribution >= 4 is 15.9 Å². The zero-order chi connectivity index (χ0) is 18.6. The molecular weight excluding hydrogens is 360 g/mol. The van der Waals surface area contributed by atoms with Crippen molar-refractivity contribution in [3.63, 3.8) is 0 Å². The van der Waals surface area contributed by atoms with Crippen molar-refractivity contribution in [2.45, 2.75) is 17.4 Å². The molecule has 26 heavy (non-hydrogen) atoms. The molecule has 1 aromatic heterocycles. The van der Waals surface area contributed by atoms with Crippen LogP contribution in [0, 0.1) is 0 Å². The summed E-state index contributed by atoms with van der Waals surface area (Å²) in [6.07, 6.45) is 3.25. The summed E-state index contributed by atoms with van der Waals surface area (Å²) in [6.45, 7) is 0.338. The van der Waals surface area contributed by atoms with E-state index in [4.69, 9.17) is 15.2 Å². The number of ether oxygens (including phenoxy) is 2. The first-order chi connectivity index (χ1) is 12.4. The fourth-order valence-corrected chi connectivity index (χ4v) is 4.03. The molecule has 0 unspecified atom stereocenters. The Hall–Kier alpha value is -2.72. The maximum atomic E-state index is 12.7. The highest BCUT2D eigenvalue weighted by Crippen LogP contribution is 2.24. The van der Waals surface area contributed by atoms with Crippen LogP contribution in [0.2, 0.25) is 0 Å². The standard InChI is InChI=1S/C16H18N4O5S/c17-15(21)10-24-12-1-3-14(4-2-12)26(22,23)20-8-6-13(9-20)25-16-5-7-18-11-19-16/h1-5,7,11,13H,6,8-10H2,(H2,17,21)/t13-/m1/s1. The second-order valence-electron chi connectivity index (χ2n) is 5.67. The van der Waals surface area contributed by atoms with Gasteiger partial charge in [-0.25, -0.2) is 18.4 Å². The van der Waals surface area contributed by atoms with E-state index in [2.05, 4.69) is 9.97 Å². The first kappa shape index (κ1) is 18.1. The van der Waals surface area contributed by atoms with Gasteiger partial charge in [-0.1, -0.05) is 0 Å². The molecule has 138 valence electrons. The lowest BCUT2D eigenvalue weighted by Crippen LogP contribution is -2.31. The quantitative estimate of drug-likeness (QED) is 0.729. The normalized spacial score (nSPS) is 17.8. The van der Waals surface area contributed by atoms with E-state index in [0.717, 1.165) is 0 Å². The van der Waals surface area contributed by atoms with Crippen molar-refractivity contribution < 1.29 is 22.7 Å². The van der Waals surface area contributed by atoms with E-state index >= 15 is 0 Å². The number of rotatable bonds is 7. The van der Waals surface area contributed by atoms with Gasteiger partial charge in [-0.2, -0.15) is 4.31 Å². The molecule has 9 nitrogen and oxygen atoms in total. The molecule has 2 heterocycles. The number of benzene rings is 1. The van der Waals surface area contributed by atoms with Crippen LogP contribution in [0.15, 0.2) is 47.8 Å². The molecule has 2 aromatic rings. The van der Waals surface area contributed by atoms with E-state index in [1.807, 2.05) is 0 Å². The smallest absolute Gasteiger partial charge is 0.255 e. The number of carbonyl (C=O) groups is 1.